The maximum atomic E-state index is 13.1. The lowest BCUT2D eigenvalue weighted by molar-refractivity contribution is -0.145. The minimum Gasteiger partial charge on any atom is -0.480 e. The molecule has 1 unspecified atom stereocenters. The van der Waals surface area contributed by atoms with Crippen molar-refractivity contribution < 1.29 is 24.2 Å². The maximum absolute atomic E-state index is 13.1. The summed E-state index contributed by atoms with van der Waals surface area (Å²) in [7, 11) is 0. The zero-order valence-corrected chi connectivity index (χ0v) is 20.0. The van der Waals surface area contributed by atoms with Gasteiger partial charge in [-0.05, 0) is 66.7 Å². The number of rotatable bonds is 10. The number of carbonyl (C=O) groups is 3. The highest BCUT2D eigenvalue weighted by Crippen LogP contribution is 2.45. The molecule has 2 aromatic carbocycles. The second-order valence-electron chi connectivity index (χ2n) is 10.4. The minimum absolute atomic E-state index is 0.0356. The van der Waals surface area contributed by atoms with Gasteiger partial charge >= 0.3 is 12.1 Å². The van der Waals surface area contributed by atoms with E-state index >= 15 is 0 Å². The summed E-state index contributed by atoms with van der Waals surface area (Å²) < 4.78 is 5.73. The van der Waals surface area contributed by atoms with Gasteiger partial charge in [0.05, 0.1) is 12.0 Å². The van der Waals surface area contributed by atoms with E-state index in [1.165, 1.54) is 16.0 Å². The SMILES string of the molecule is CC(CC(=O)N(CC(=O)O)CC1CC1)(NC(=O)OCC1c2ccccc2-c2ccccc21)C1CC1. The fourth-order valence-corrected chi connectivity index (χ4v) is 5.33. The van der Waals surface area contributed by atoms with Gasteiger partial charge in [-0.25, -0.2) is 4.79 Å². The van der Waals surface area contributed by atoms with Crippen LogP contribution in [0.2, 0.25) is 0 Å². The fourth-order valence-electron chi connectivity index (χ4n) is 5.33. The molecule has 7 heteroatoms. The van der Waals surface area contributed by atoms with Crippen LogP contribution in [0.3, 0.4) is 0 Å². The van der Waals surface area contributed by atoms with Gasteiger partial charge in [-0.15, -0.1) is 0 Å². The van der Waals surface area contributed by atoms with Crippen LogP contribution in [0.4, 0.5) is 4.79 Å². The highest BCUT2D eigenvalue weighted by Gasteiger charge is 2.45. The standard InChI is InChI=1S/C28H32N2O5/c1-28(19-12-13-19,14-25(31)30(16-26(32)33)15-18-10-11-18)29-27(34)35-17-24-22-8-4-2-6-20(22)21-7-3-5-9-23(21)24/h2-9,18-19,24H,10-17H2,1H3,(H,29,34)(H,32,33). The van der Waals surface area contributed by atoms with Gasteiger partial charge < -0.3 is 20.1 Å². The first-order valence-corrected chi connectivity index (χ1v) is 12.5. The number of hydrogen-bond acceptors (Lipinski definition) is 4. The predicted molar refractivity (Wildman–Crippen MR) is 131 cm³/mol. The van der Waals surface area contributed by atoms with Crippen molar-refractivity contribution in [3.63, 3.8) is 0 Å². The normalized spacial score (nSPS) is 18.2. The van der Waals surface area contributed by atoms with Gasteiger partial charge in [0.2, 0.25) is 5.91 Å². The lowest BCUT2D eigenvalue weighted by Gasteiger charge is -2.32. The van der Waals surface area contributed by atoms with Crippen LogP contribution in [0.1, 0.15) is 56.1 Å². The molecule has 2 saturated carbocycles. The Bertz CT molecular complexity index is 1090. The number of aliphatic carboxylic acids is 1. The number of nitrogens with one attached hydrogen (secondary N) is 1. The molecule has 35 heavy (non-hydrogen) atoms. The average Bonchev–Trinajstić information content (AvgIpc) is 3.74. The second-order valence-corrected chi connectivity index (χ2v) is 10.4. The molecule has 0 heterocycles. The largest absolute Gasteiger partial charge is 0.480 e. The Morgan fingerprint density at radius 3 is 2.14 bits per heavy atom. The van der Waals surface area contributed by atoms with E-state index in [4.69, 9.17) is 4.74 Å². The Kier molecular flexibility index (Phi) is 6.26. The van der Waals surface area contributed by atoms with Gasteiger partial charge in [0.15, 0.2) is 0 Å². The Hall–Kier alpha value is -3.35. The molecule has 184 valence electrons. The second kappa shape index (κ2) is 9.36. The van der Waals surface area contributed by atoms with Crippen LogP contribution in [0, 0.1) is 11.8 Å². The van der Waals surface area contributed by atoms with Crippen molar-refractivity contribution in [2.45, 2.75) is 50.5 Å². The van der Waals surface area contributed by atoms with E-state index in [9.17, 15) is 19.5 Å². The molecule has 0 aliphatic heterocycles. The Labute approximate surface area is 205 Å². The number of fused-ring (bicyclic) bond motifs is 3. The van der Waals surface area contributed by atoms with E-state index in [0.717, 1.165) is 36.8 Å². The van der Waals surface area contributed by atoms with Crippen molar-refractivity contribution >= 4 is 18.0 Å². The van der Waals surface area contributed by atoms with Crippen LogP contribution in [-0.2, 0) is 14.3 Å². The molecule has 0 radical (unpaired) electrons. The van der Waals surface area contributed by atoms with Crippen molar-refractivity contribution in [1.82, 2.24) is 10.2 Å². The van der Waals surface area contributed by atoms with Gasteiger partial charge in [0.1, 0.15) is 13.2 Å². The number of hydrogen-bond donors (Lipinski definition) is 2. The van der Waals surface area contributed by atoms with Crippen LogP contribution in [0.25, 0.3) is 11.1 Å². The molecular weight excluding hydrogens is 444 g/mol. The third-order valence-corrected chi connectivity index (χ3v) is 7.58. The molecule has 1 atom stereocenters. The highest BCUT2D eigenvalue weighted by atomic mass is 16.5. The molecule has 2 fully saturated rings. The number of ether oxygens (including phenoxy) is 1. The molecule has 5 rings (SSSR count). The van der Waals surface area contributed by atoms with E-state index in [1.54, 1.807) is 0 Å². The van der Waals surface area contributed by atoms with Crippen molar-refractivity contribution in [3.8, 4) is 11.1 Å². The zero-order chi connectivity index (χ0) is 24.6. The van der Waals surface area contributed by atoms with Crippen LogP contribution < -0.4 is 5.32 Å². The fraction of sp³-hybridized carbons (Fsp3) is 0.464. The minimum atomic E-state index is -1.02. The zero-order valence-electron chi connectivity index (χ0n) is 20.0. The molecule has 2 N–H and O–H groups in total. The molecule has 3 aliphatic rings. The van der Waals surface area contributed by atoms with Gasteiger partial charge in [-0.2, -0.15) is 0 Å². The Morgan fingerprint density at radius 2 is 1.60 bits per heavy atom. The van der Waals surface area contributed by atoms with Crippen LogP contribution in [0.5, 0.6) is 0 Å². The molecule has 3 aliphatic carbocycles. The molecule has 2 amide bonds. The number of carboxylic acid groups (broad SMARTS) is 1. The van der Waals surface area contributed by atoms with E-state index in [0.29, 0.717) is 12.5 Å². The summed E-state index contributed by atoms with van der Waals surface area (Å²) in [5.41, 5.74) is 3.86. The maximum Gasteiger partial charge on any atom is 0.407 e. The monoisotopic (exact) mass is 476 g/mol. The summed E-state index contributed by atoms with van der Waals surface area (Å²) in [5.74, 6) is -0.712. The number of carbonyl (C=O) groups excluding carboxylic acids is 2. The molecular formula is C28H32N2O5. The summed E-state index contributed by atoms with van der Waals surface area (Å²) in [5, 5.41) is 12.2. The Balaban J connectivity index is 1.24. The summed E-state index contributed by atoms with van der Waals surface area (Å²) in [6.07, 6.45) is 3.44. The summed E-state index contributed by atoms with van der Waals surface area (Å²) >= 11 is 0. The molecule has 0 aromatic heterocycles. The van der Waals surface area contributed by atoms with Gasteiger partial charge in [-0.1, -0.05) is 48.5 Å². The first-order valence-electron chi connectivity index (χ1n) is 12.5. The van der Waals surface area contributed by atoms with Crippen molar-refractivity contribution in [2.75, 3.05) is 19.7 Å². The van der Waals surface area contributed by atoms with E-state index in [2.05, 4.69) is 29.6 Å². The average molecular weight is 477 g/mol. The topological polar surface area (TPSA) is 95.9 Å². The molecule has 7 nitrogen and oxygen atoms in total. The lowest BCUT2D eigenvalue weighted by Crippen LogP contribution is -2.52. The van der Waals surface area contributed by atoms with Gasteiger partial charge in [0.25, 0.3) is 0 Å². The van der Waals surface area contributed by atoms with E-state index < -0.39 is 17.6 Å². The number of amides is 2. The quantitative estimate of drug-likeness (QED) is 0.530. The smallest absolute Gasteiger partial charge is 0.407 e. The number of nitrogens with zero attached hydrogens (tertiary/aromatic N) is 1. The molecule has 2 aromatic rings. The van der Waals surface area contributed by atoms with E-state index in [1.807, 2.05) is 31.2 Å². The Morgan fingerprint density at radius 1 is 1.00 bits per heavy atom. The number of benzene rings is 2. The molecule has 0 saturated heterocycles. The summed E-state index contributed by atoms with van der Waals surface area (Å²) in [4.78, 5) is 38.8. The highest BCUT2D eigenvalue weighted by molar-refractivity contribution is 5.83. The first-order chi connectivity index (χ1) is 16.8. The molecule has 0 bridgehead atoms. The predicted octanol–water partition coefficient (Wildman–Crippen LogP) is 4.41. The summed E-state index contributed by atoms with van der Waals surface area (Å²) in [6, 6.07) is 16.4. The van der Waals surface area contributed by atoms with Crippen LogP contribution in [0.15, 0.2) is 48.5 Å². The van der Waals surface area contributed by atoms with Crippen LogP contribution >= 0.6 is 0 Å². The molecule has 0 spiro atoms. The van der Waals surface area contributed by atoms with E-state index in [-0.39, 0.29) is 37.3 Å². The third-order valence-electron chi connectivity index (χ3n) is 7.58. The van der Waals surface area contributed by atoms with Crippen molar-refractivity contribution in [1.29, 1.82) is 0 Å². The number of carboxylic acids is 1. The van der Waals surface area contributed by atoms with Crippen molar-refractivity contribution in [2.24, 2.45) is 11.8 Å². The van der Waals surface area contributed by atoms with Crippen LogP contribution in [-0.4, -0.2) is 53.2 Å². The van der Waals surface area contributed by atoms with Crippen molar-refractivity contribution in [3.05, 3.63) is 59.7 Å². The number of alkyl carbamates (subject to hydrolysis) is 1. The summed E-state index contributed by atoms with van der Waals surface area (Å²) in [6.45, 7) is 2.25. The third kappa shape index (κ3) is 5.19. The van der Waals surface area contributed by atoms with Gasteiger partial charge in [-0.3, -0.25) is 9.59 Å². The first kappa shape index (κ1) is 23.4. The lowest BCUT2D eigenvalue weighted by atomic mass is 9.91. The van der Waals surface area contributed by atoms with Gasteiger partial charge in [0, 0.05) is 12.5 Å².